The number of halogens is 3. The number of thiazole rings is 1. The number of rotatable bonds is 6. The van der Waals surface area contributed by atoms with Crippen LogP contribution in [0.4, 0.5) is 24.0 Å². The summed E-state index contributed by atoms with van der Waals surface area (Å²) in [6.45, 7) is 3.65. The molecular formula is C14H16F3N3S. The molecular weight excluding hydrogens is 299 g/mol. The second kappa shape index (κ2) is 6.91. The van der Waals surface area contributed by atoms with Crippen molar-refractivity contribution in [3.63, 3.8) is 0 Å². The maximum Gasteiger partial charge on any atom is 0.416 e. The van der Waals surface area contributed by atoms with Crippen LogP contribution in [-0.2, 0) is 12.7 Å². The van der Waals surface area contributed by atoms with E-state index < -0.39 is 11.7 Å². The standard InChI is InChI=1S/C14H16F3N3S/c1-2-6-18-8-12-9-21-13(20-12)19-11-5-3-4-10(7-11)14(15,16)17/h3-5,7,9,18H,2,6,8H2,1H3,(H,19,20). The molecule has 0 unspecified atom stereocenters. The molecule has 2 rings (SSSR count). The summed E-state index contributed by atoms with van der Waals surface area (Å²) in [6, 6.07) is 5.09. The molecule has 7 heteroatoms. The zero-order chi connectivity index (χ0) is 15.3. The van der Waals surface area contributed by atoms with E-state index in [2.05, 4.69) is 22.5 Å². The lowest BCUT2D eigenvalue weighted by atomic mass is 10.2. The summed E-state index contributed by atoms with van der Waals surface area (Å²) in [5, 5.41) is 8.61. The van der Waals surface area contributed by atoms with Crippen LogP contribution in [0.2, 0.25) is 0 Å². The first-order valence-electron chi connectivity index (χ1n) is 6.58. The fourth-order valence-corrected chi connectivity index (χ4v) is 2.47. The third kappa shape index (κ3) is 4.71. The van der Waals surface area contributed by atoms with Crippen molar-refractivity contribution in [2.75, 3.05) is 11.9 Å². The van der Waals surface area contributed by atoms with Gasteiger partial charge in [0, 0.05) is 17.6 Å². The normalized spacial score (nSPS) is 11.6. The highest BCUT2D eigenvalue weighted by Gasteiger charge is 2.30. The van der Waals surface area contributed by atoms with E-state index in [1.807, 2.05) is 5.38 Å². The van der Waals surface area contributed by atoms with E-state index in [-0.39, 0.29) is 0 Å². The van der Waals surface area contributed by atoms with Crippen LogP contribution in [0.25, 0.3) is 0 Å². The number of aromatic nitrogens is 1. The Kier molecular flexibility index (Phi) is 5.19. The lowest BCUT2D eigenvalue weighted by molar-refractivity contribution is -0.137. The molecule has 0 bridgehead atoms. The molecule has 114 valence electrons. The maximum atomic E-state index is 12.6. The largest absolute Gasteiger partial charge is 0.416 e. The highest BCUT2D eigenvalue weighted by Crippen LogP contribution is 2.31. The highest BCUT2D eigenvalue weighted by molar-refractivity contribution is 7.13. The Morgan fingerprint density at radius 2 is 2.10 bits per heavy atom. The third-order valence-corrected chi connectivity index (χ3v) is 3.53. The average molecular weight is 315 g/mol. The van der Waals surface area contributed by atoms with Gasteiger partial charge in [0.25, 0.3) is 0 Å². The molecule has 0 spiro atoms. The fraction of sp³-hybridized carbons (Fsp3) is 0.357. The number of nitrogens with zero attached hydrogens (tertiary/aromatic N) is 1. The van der Waals surface area contributed by atoms with Crippen molar-refractivity contribution in [1.29, 1.82) is 0 Å². The van der Waals surface area contributed by atoms with E-state index in [0.29, 0.717) is 17.4 Å². The average Bonchev–Trinajstić information content (AvgIpc) is 2.86. The Morgan fingerprint density at radius 1 is 1.29 bits per heavy atom. The summed E-state index contributed by atoms with van der Waals surface area (Å²) in [5.41, 5.74) is 0.587. The molecule has 0 amide bonds. The SMILES string of the molecule is CCCNCc1csc(Nc2cccc(C(F)(F)F)c2)n1. The Balaban J connectivity index is 2.02. The van der Waals surface area contributed by atoms with Crippen molar-refractivity contribution in [1.82, 2.24) is 10.3 Å². The molecule has 0 saturated heterocycles. The number of benzene rings is 1. The first-order valence-corrected chi connectivity index (χ1v) is 7.46. The molecule has 0 atom stereocenters. The van der Waals surface area contributed by atoms with Crippen molar-refractivity contribution in [2.24, 2.45) is 0 Å². The number of hydrogen-bond acceptors (Lipinski definition) is 4. The molecule has 2 aromatic rings. The van der Waals surface area contributed by atoms with Gasteiger partial charge in [0.2, 0.25) is 0 Å². The minimum atomic E-state index is -4.34. The molecule has 2 N–H and O–H groups in total. The van der Waals surface area contributed by atoms with Gasteiger partial charge in [-0.2, -0.15) is 13.2 Å². The van der Waals surface area contributed by atoms with Crippen LogP contribution < -0.4 is 10.6 Å². The lowest BCUT2D eigenvalue weighted by Gasteiger charge is -2.08. The van der Waals surface area contributed by atoms with Gasteiger partial charge in [-0.15, -0.1) is 11.3 Å². The maximum absolute atomic E-state index is 12.6. The van der Waals surface area contributed by atoms with Crippen LogP contribution in [0.1, 0.15) is 24.6 Å². The topological polar surface area (TPSA) is 37.0 Å². The predicted octanol–water partition coefficient (Wildman–Crippen LogP) is 4.41. The molecule has 0 radical (unpaired) electrons. The van der Waals surface area contributed by atoms with Gasteiger partial charge < -0.3 is 10.6 Å². The van der Waals surface area contributed by atoms with Gasteiger partial charge in [0.1, 0.15) is 0 Å². The van der Waals surface area contributed by atoms with Gasteiger partial charge >= 0.3 is 6.18 Å². The number of anilines is 2. The summed E-state index contributed by atoms with van der Waals surface area (Å²) in [6.07, 6.45) is -3.30. The minimum Gasteiger partial charge on any atom is -0.332 e. The lowest BCUT2D eigenvalue weighted by Crippen LogP contribution is -2.13. The van der Waals surface area contributed by atoms with Crippen molar-refractivity contribution >= 4 is 22.2 Å². The molecule has 21 heavy (non-hydrogen) atoms. The van der Waals surface area contributed by atoms with Crippen LogP contribution in [-0.4, -0.2) is 11.5 Å². The summed E-state index contributed by atoms with van der Waals surface area (Å²) < 4.78 is 37.9. The van der Waals surface area contributed by atoms with Gasteiger partial charge in [-0.3, -0.25) is 0 Å². The Hall–Kier alpha value is -1.60. The van der Waals surface area contributed by atoms with E-state index in [1.165, 1.54) is 17.4 Å². The zero-order valence-corrected chi connectivity index (χ0v) is 12.3. The van der Waals surface area contributed by atoms with Crippen molar-refractivity contribution in [3.05, 3.63) is 40.9 Å². The van der Waals surface area contributed by atoms with Crippen molar-refractivity contribution in [3.8, 4) is 0 Å². The Bertz CT molecular complexity index is 581. The van der Waals surface area contributed by atoms with Gasteiger partial charge in [0.15, 0.2) is 5.13 Å². The van der Waals surface area contributed by atoms with Crippen molar-refractivity contribution in [2.45, 2.75) is 26.1 Å². The van der Waals surface area contributed by atoms with E-state index in [0.717, 1.165) is 30.8 Å². The first kappa shape index (κ1) is 15.8. The molecule has 1 heterocycles. The second-order valence-electron chi connectivity index (χ2n) is 4.52. The number of nitrogens with one attached hydrogen (secondary N) is 2. The molecule has 0 saturated carbocycles. The second-order valence-corrected chi connectivity index (χ2v) is 5.38. The molecule has 1 aromatic heterocycles. The molecule has 0 aliphatic heterocycles. The molecule has 0 aliphatic carbocycles. The molecule has 1 aromatic carbocycles. The van der Waals surface area contributed by atoms with Gasteiger partial charge in [-0.05, 0) is 31.2 Å². The number of alkyl halides is 3. The van der Waals surface area contributed by atoms with E-state index in [1.54, 1.807) is 6.07 Å². The smallest absolute Gasteiger partial charge is 0.332 e. The highest BCUT2D eigenvalue weighted by atomic mass is 32.1. The quantitative estimate of drug-likeness (QED) is 0.776. The molecule has 3 nitrogen and oxygen atoms in total. The Morgan fingerprint density at radius 3 is 2.81 bits per heavy atom. The zero-order valence-electron chi connectivity index (χ0n) is 11.5. The summed E-state index contributed by atoms with van der Waals surface area (Å²) in [4.78, 5) is 4.33. The van der Waals surface area contributed by atoms with E-state index in [4.69, 9.17) is 0 Å². The Labute approximate surface area is 125 Å². The van der Waals surface area contributed by atoms with E-state index in [9.17, 15) is 13.2 Å². The first-order chi connectivity index (χ1) is 9.99. The summed E-state index contributed by atoms with van der Waals surface area (Å²) in [5.74, 6) is 0. The minimum absolute atomic E-state index is 0.382. The molecule has 0 fully saturated rings. The number of hydrogen-bond donors (Lipinski definition) is 2. The van der Waals surface area contributed by atoms with Crippen LogP contribution in [0.5, 0.6) is 0 Å². The van der Waals surface area contributed by atoms with Crippen LogP contribution in [0.15, 0.2) is 29.6 Å². The summed E-state index contributed by atoms with van der Waals surface area (Å²) >= 11 is 1.37. The third-order valence-electron chi connectivity index (χ3n) is 2.73. The van der Waals surface area contributed by atoms with Crippen LogP contribution in [0.3, 0.4) is 0 Å². The van der Waals surface area contributed by atoms with Gasteiger partial charge in [0.05, 0.1) is 11.3 Å². The van der Waals surface area contributed by atoms with Crippen LogP contribution in [0, 0.1) is 0 Å². The fourth-order valence-electron chi connectivity index (χ4n) is 1.74. The monoisotopic (exact) mass is 315 g/mol. The summed E-state index contributed by atoms with van der Waals surface area (Å²) in [7, 11) is 0. The van der Waals surface area contributed by atoms with Crippen LogP contribution >= 0.6 is 11.3 Å². The van der Waals surface area contributed by atoms with Gasteiger partial charge in [-0.25, -0.2) is 4.98 Å². The predicted molar refractivity (Wildman–Crippen MR) is 78.8 cm³/mol. The molecule has 0 aliphatic rings. The van der Waals surface area contributed by atoms with Crippen molar-refractivity contribution < 1.29 is 13.2 Å². The van der Waals surface area contributed by atoms with Gasteiger partial charge in [-0.1, -0.05) is 13.0 Å². The van der Waals surface area contributed by atoms with E-state index >= 15 is 0 Å².